The van der Waals surface area contributed by atoms with E-state index in [-0.39, 0.29) is 11.5 Å². The first-order valence-corrected chi connectivity index (χ1v) is 11.5. The third kappa shape index (κ3) is 3.87. The number of benzene rings is 3. The van der Waals surface area contributed by atoms with Gasteiger partial charge in [-0.15, -0.1) is 5.10 Å². The number of tetrazole rings is 1. The van der Waals surface area contributed by atoms with Crippen molar-refractivity contribution >= 4 is 34.0 Å². The van der Waals surface area contributed by atoms with Crippen LogP contribution >= 0.6 is 11.6 Å². The van der Waals surface area contributed by atoms with Crippen LogP contribution in [0.1, 0.15) is 18.2 Å². The van der Waals surface area contributed by atoms with Crippen molar-refractivity contribution in [3.63, 3.8) is 0 Å². The molecule has 0 radical (unpaired) electrons. The van der Waals surface area contributed by atoms with Gasteiger partial charge in [0.05, 0.1) is 5.69 Å². The second kappa shape index (κ2) is 8.48. The average Bonchev–Trinajstić information content (AvgIpc) is 3.54. The monoisotopic (exact) mass is 482 g/mol. The Kier molecular flexibility index (Phi) is 5.15. The first-order valence-electron chi connectivity index (χ1n) is 11.2. The number of aryl methyl sites for hydroxylation is 1. The number of nitrogens with zero attached hydrogens (tertiary/aromatic N) is 5. The fourth-order valence-corrected chi connectivity index (χ4v) is 4.87. The van der Waals surface area contributed by atoms with Gasteiger partial charge in [-0.1, -0.05) is 41.9 Å². The lowest BCUT2D eigenvalue weighted by atomic mass is 10.0. The lowest BCUT2D eigenvalue weighted by Gasteiger charge is -2.16. The fraction of sp³-hybridized carbons (Fsp3) is 0.115. The number of fused-ring (bicyclic) bond motifs is 2. The van der Waals surface area contributed by atoms with Gasteiger partial charge < -0.3 is 9.88 Å². The first kappa shape index (κ1) is 21.2. The number of pyridine rings is 1. The van der Waals surface area contributed by atoms with Crippen LogP contribution in [-0.4, -0.2) is 30.7 Å². The molecule has 6 rings (SSSR count). The second-order valence-electron chi connectivity index (χ2n) is 8.47. The van der Waals surface area contributed by atoms with E-state index in [9.17, 15) is 9.59 Å². The van der Waals surface area contributed by atoms with E-state index < -0.39 is 6.04 Å². The number of anilines is 1. The number of nitrogens with one attached hydrogen (secondary N) is 1. The van der Waals surface area contributed by atoms with Crippen LogP contribution < -0.4 is 10.9 Å². The number of aromatic nitrogens is 5. The number of hydrogen-bond acceptors (Lipinski definition) is 5. The van der Waals surface area contributed by atoms with Gasteiger partial charge in [0.25, 0.3) is 5.56 Å². The molecule has 1 N–H and O–H groups in total. The van der Waals surface area contributed by atoms with Crippen molar-refractivity contribution in [2.45, 2.75) is 18.9 Å². The minimum absolute atomic E-state index is 0.203. The van der Waals surface area contributed by atoms with E-state index in [1.54, 1.807) is 22.8 Å². The summed E-state index contributed by atoms with van der Waals surface area (Å²) in [7, 11) is 0. The third-order valence-electron chi connectivity index (χ3n) is 6.32. The third-order valence-corrected chi connectivity index (χ3v) is 6.55. The molecule has 1 atom stereocenters. The highest BCUT2D eigenvalue weighted by Crippen LogP contribution is 2.32. The van der Waals surface area contributed by atoms with E-state index in [1.165, 1.54) is 17.1 Å². The molecule has 1 amide bonds. The maximum absolute atomic E-state index is 13.2. The van der Waals surface area contributed by atoms with Crippen molar-refractivity contribution in [1.82, 2.24) is 24.8 Å². The number of halogens is 1. The summed E-state index contributed by atoms with van der Waals surface area (Å²) in [6.45, 7) is 0. The van der Waals surface area contributed by atoms with Crippen molar-refractivity contribution in [3.05, 3.63) is 100 Å². The van der Waals surface area contributed by atoms with Crippen LogP contribution in [0.3, 0.4) is 0 Å². The predicted octanol–water partition coefficient (Wildman–Crippen LogP) is 4.42. The summed E-state index contributed by atoms with van der Waals surface area (Å²) >= 11 is 6.27. The first-order chi connectivity index (χ1) is 17.1. The summed E-state index contributed by atoms with van der Waals surface area (Å²) in [6.07, 6.45) is 2.65. The molecule has 0 unspecified atom stereocenters. The van der Waals surface area contributed by atoms with Crippen LogP contribution in [0.25, 0.3) is 27.6 Å². The van der Waals surface area contributed by atoms with Gasteiger partial charge in [0.15, 0.2) is 0 Å². The topological polar surface area (TPSA) is 94.7 Å². The zero-order chi connectivity index (χ0) is 23.9. The van der Waals surface area contributed by atoms with Gasteiger partial charge in [0.2, 0.25) is 5.91 Å². The molecule has 0 spiro atoms. The molecule has 35 heavy (non-hydrogen) atoms. The van der Waals surface area contributed by atoms with Gasteiger partial charge >= 0.3 is 0 Å². The minimum Gasteiger partial charge on any atom is -0.324 e. The lowest BCUT2D eigenvalue weighted by molar-refractivity contribution is -0.119. The summed E-state index contributed by atoms with van der Waals surface area (Å²) < 4.78 is 3.11. The lowest BCUT2D eigenvalue weighted by Crippen LogP contribution is -2.31. The fourth-order valence-electron chi connectivity index (χ4n) is 4.70. The van der Waals surface area contributed by atoms with Crippen LogP contribution in [0.15, 0.2) is 83.9 Å². The molecule has 9 heteroatoms. The Morgan fingerprint density at radius 2 is 1.86 bits per heavy atom. The highest BCUT2D eigenvalue weighted by Gasteiger charge is 2.30. The Bertz CT molecular complexity index is 1640. The summed E-state index contributed by atoms with van der Waals surface area (Å²) in [5.41, 5.74) is 3.40. The molecule has 0 bridgehead atoms. The van der Waals surface area contributed by atoms with Crippen LogP contribution in [0.2, 0.25) is 5.02 Å². The Balaban J connectivity index is 1.33. The summed E-state index contributed by atoms with van der Waals surface area (Å²) in [4.78, 5) is 26.4. The predicted molar refractivity (Wildman–Crippen MR) is 134 cm³/mol. The SMILES string of the molecule is O=C(Nc1ccc2ccccc2c1)[C@@H]1CCc2cc(-c3cc(Cl)ccc3-n3cnnn3)cc(=O)n21. The van der Waals surface area contributed by atoms with E-state index >= 15 is 0 Å². The van der Waals surface area contributed by atoms with E-state index in [1.807, 2.05) is 48.5 Å². The quantitative estimate of drug-likeness (QED) is 0.409. The smallest absolute Gasteiger partial charge is 0.252 e. The Hall–Kier alpha value is -4.30. The zero-order valence-corrected chi connectivity index (χ0v) is 19.2. The van der Waals surface area contributed by atoms with Crippen molar-refractivity contribution in [2.75, 3.05) is 5.32 Å². The van der Waals surface area contributed by atoms with E-state index in [4.69, 9.17) is 11.6 Å². The number of carbonyl (C=O) groups is 1. The zero-order valence-electron chi connectivity index (χ0n) is 18.4. The maximum Gasteiger partial charge on any atom is 0.252 e. The molecule has 3 aromatic carbocycles. The maximum atomic E-state index is 13.2. The summed E-state index contributed by atoms with van der Waals surface area (Å²) in [5, 5.41) is 17.0. The van der Waals surface area contributed by atoms with Crippen LogP contribution in [-0.2, 0) is 11.2 Å². The minimum atomic E-state index is -0.573. The Labute approximate surface area is 204 Å². The molecular formula is C26H19ClN6O2. The van der Waals surface area contributed by atoms with Gasteiger partial charge in [0, 0.05) is 28.0 Å². The molecule has 5 aromatic rings. The highest BCUT2D eigenvalue weighted by molar-refractivity contribution is 6.31. The molecule has 3 heterocycles. The van der Waals surface area contributed by atoms with Gasteiger partial charge in [-0.2, -0.15) is 4.68 Å². The number of hydrogen-bond donors (Lipinski definition) is 1. The van der Waals surface area contributed by atoms with Gasteiger partial charge in [-0.25, -0.2) is 0 Å². The molecule has 0 fully saturated rings. The van der Waals surface area contributed by atoms with Gasteiger partial charge in [-0.3, -0.25) is 9.59 Å². The van der Waals surface area contributed by atoms with E-state index in [2.05, 4.69) is 20.8 Å². The molecule has 0 saturated carbocycles. The van der Waals surface area contributed by atoms with Crippen molar-refractivity contribution in [2.24, 2.45) is 0 Å². The molecule has 8 nitrogen and oxygen atoms in total. The van der Waals surface area contributed by atoms with Gasteiger partial charge in [-0.05, 0) is 76.0 Å². The molecule has 1 aliphatic heterocycles. The molecule has 172 valence electrons. The number of amides is 1. The Morgan fingerprint density at radius 1 is 1.00 bits per heavy atom. The summed E-state index contributed by atoms with van der Waals surface area (Å²) in [5.74, 6) is -0.203. The van der Waals surface area contributed by atoms with Crippen molar-refractivity contribution in [3.8, 4) is 16.8 Å². The molecule has 0 saturated heterocycles. The molecule has 1 aliphatic rings. The van der Waals surface area contributed by atoms with E-state index in [0.29, 0.717) is 34.8 Å². The van der Waals surface area contributed by atoms with Crippen LogP contribution in [0, 0.1) is 0 Å². The second-order valence-corrected chi connectivity index (χ2v) is 8.90. The molecule has 2 aromatic heterocycles. The van der Waals surface area contributed by atoms with Gasteiger partial charge in [0.1, 0.15) is 12.4 Å². The highest BCUT2D eigenvalue weighted by atomic mass is 35.5. The number of rotatable bonds is 4. The van der Waals surface area contributed by atoms with E-state index in [0.717, 1.165) is 22.0 Å². The Morgan fingerprint density at radius 3 is 2.69 bits per heavy atom. The molecular weight excluding hydrogens is 464 g/mol. The largest absolute Gasteiger partial charge is 0.324 e. The van der Waals surface area contributed by atoms with Crippen LogP contribution in [0.5, 0.6) is 0 Å². The van der Waals surface area contributed by atoms with Crippen LogP contribution in [0.4, 0.5) is 5.69 Å². The molecule has 0 aliphatic carbocycles. The van der Waals surface area contributed by atoms with Crippen molar-refractivity contribution < 1.29 is 4.79 Å². The average molecular weight is 483 g/mol. The standard InChI is InChI=1S/C26H19ClN6O2/c27-19-6-9-23(32-15-28-30-31-32)22(14-19)18-12-21-8-10-24(33(21)25(34)13-18)26(35)29-20-7-5-16-3-1-2-4-17(16)11-20/h1-7,9,11-15,24H,8,10H2,(H,29,35)/t24-/m0/s1. The number of carbonyl (C=O) groups excluding carboxylic acids is 1. The normalized spacial score (nSPS) is 14.7. The summed E-state index contributed by atoms with van der Waals surface area (Å²) in [6, 6.07) is 22.0. The van der Waals surface area contributed by atoms with Crippen molar-refractivity contribution in [1.29, 1.82) is 0 Å².